The number of nitrogens with zero attached hydrogens (tertiary/aromatic N) is 1. The van der Waals surface area contributed by atoms with Gasteiger partial charge in [-0.2, -0.15) is 0 Å². The summed E-state index contributed by atoms with van der Waals surface area (Å²) in [4.78, 5) is 1.44. The van der Waals surface area contributed by atoms with Gasteiger partial charge in [0, 0.05) is 30.9 Å². The molecule has 0 unspecified atom stereocenters. The van der Waals surface area contributed by atoms with E-state index in [9.17, 15) is 26.0 Å². The minimum atomic E-state index is -4.02. The molecule has 0 aliphatic heterocycles. The van der Waals surface area contributed by atoms with Gasteiger partial charge in [0.1, 0.15) is 0 Å². The van der Waals surface area contributed by atoms with Crippen LogP contribution < -0.4 is 10.0 Å². The van der Waals surface area contributed by atoms with Gasteiger partial charge in [-0.05, 0) is 35.4 Å². The monoisotopic (exact) mass is 424 g/mol. The third-order valence-corrected chi connectivity index (χ3v) is 5.32. The van der Waals surface area contributed by atoms with Gasteiger partial charge in [0.25, 0.3) is 0 Å². The number of anilines is 1. The van der Waals surface area contributed by atoms with Gasteiger partial charge in [-0.15, -0.1) is 0 Å². The fourth-order valence-electron chi connectivity index (χ4n) is 2.92. The maximum Gasteiger partial charge on any atom is 0.238 e. The Labute approximate surface area is 165 Å². The van der Waals surface area contributed by atoms with Crippen LogP contribution in [0.4, 0.5) is 23.2 Å². The highest BCUT2D eigenvalue weighted by molar-refractivity contribution is 7.89. The number of benzene rings is 3. The molecule has 9 heteroatoms. The van der Waals surface area contributed by atoms with Gasteiger partial charge in [-0.1, -0.05) is 24.3 Å². The van der Waals surface area contributed by atoms with E-state index in [0.717, 1.165) is 24.3 Å². The van der Waals surface area contributed by atoms with Crippen molar-refractivity contribution < 1.29 is 26.0 Å². The molecule has 0 saturated heterocycles. The number of nitrogens with two attached hydrogens (primary N) is 1. The minimum absolute atomic E-state index is 0.0436. The Morgan fingerprint density at radius 1 is 0.759 bits per heavy atom. The molecule has 3 rings (SSSR count). The summed E-state index contributed by atoms with van der Waals surface area (Å²) in [5.41, 5.74) is -0.302. The smallest absolute Gasteiger partial charge is 0.238 e. The van der Waals surface area contributed by atoms with Gasteiger partial charge < -0.3 is 4.90 Å². The molecule has 4 nitrogen and oxygen atoms in total. The summed E-state index contributed by atoms with van der Waals surface area (Å²) in [5.74, 6) is -7.03. The number of hydrogen-bond acceptors (Lipinski definition) is 3. The van der Waals surface area contributed by atoms with E-state index < -0.39 is 44.4 Å². The summed E-state index contributed by atoms with van der Waals surface area (Å²) in [6.45, 7) is 0. The molecule has 0 aromatic heterocycles. The molecule has 3 aromatic carbocycles. The predicted molar refractivity (Wildman–Crippen MR) is 103 cm³/mol. The first-order valence-electron chi connectivity index (χ1n) is 8.29. The number of hydrogen-bond donors (Lipinski definition) is 1. The maximum atomic E-state index is 14.8. The summed E-state index contributed by atoms with van der Waals surface area (Å²) in [5, 5.41) is 5.03. The maximum absolute atomic E-state index is 14.8. The fraction of sp³-hybridized carbons (Fsp3) is 0.100. The second-order valence-corrected chi connectivity index (χ2v) is 8.08. The summed E-state index contributed by atoms with van der Waals surface area (Å²) in [7, 11) is -0.559. The molecule has 0 atom stereocenters. The lowest BCUT2D eigenvalue weighted by molar-refractivity contribution is 0.412. The van der Waals surface area contributed by atoms with E-state index in [1.54, 1.807) is 31.1 Å². The Balaban J connectivity index is 2.34. The predicted octanol–water partition coefficient (Wildman–Crippen LogP) is 4.29. The van der Waals surface area contributed by atoms with Crippen molar-refractivity contribution in [3.05, 3.63) is 71.8 Å². The normalized spacial score (nSPS) is 11.6. The van der Waals surface area contributed by atoms with Crippen LogP contribution in [-0.4, -0.2) is 22.5 Å². The summed E-state index contributed by atoms with van der Waals surface area (Å²) < 4.78 is 80.3. The molecule has 152 valence electrons. The highest BCUT2D eigenvalue weighted by atomic mass is 32.2. The lowest BCUT2D eigenvalue weighted by Gasteiger charge is -2.17. The zero-order valence-corrected chi connectivity index (χ0v) is 16.2. The molecule has 0 spiro atoms. The highest BCUT2D eigenvalue weighted by Crippen LogP contribution is 2.40. The van der Waals surface area contributed by atoms with Crippen molar-refractivity contribution in [2.45, 2.75) is 4.90 Å². The Bertz CT molecular complexity index is 1190. The second kappa shape index (κ2) is 7.49. The first kappa shape index (κ1) is 20.8. The molecule has 0 radical (unpaired) electrons. The number of sulfonamides is 1. The zero-order valence-electron chi connectivity index (χ0n) is 15.4. The standard InChI is InChI=1S/C20H16F4N2O2S/c1-26(2)13-5-3-4-12(10-13)16-15(17(21)19(23)20(24)18(16)22)11-6-8-14(9-7-11)29(25,27)28/h3-10H,1-2H3,(H2,25,27,28). The number of halogens is 4. The Morgan fingerprint density at radius 3 is 1.76 bits per heavy atom. The van der Waals surface area contributed by atoms with E-state index >= 15 is 0 Å². The third kappa shape index (κ3) is 3.83. The lowest BCUT2D eigenvalue weighted by atomic mass is 9.92. The first-order chi connectivity index (χ1) is 13.5. The van der Waals surface area contributed by atoms with Crippen molar-refractivity contribution in [2.75, 3.05) is 19.0 Å². The molecule has 0 fully saturated rings. The molecule has 29 heavy (non-hydrogen) atoms. The average molecular weight is 424 g/mol. The van der Waals surface area contributed by atoms with Crippen LogP contribution in [0, 0.1) is 23.3 Å². The van der Waals surface area contributed by atoms with Gasteiger partial charge in [-0.25, -0.2) is 31.1 Å². The average Bonchev–Trinajstić information content (AvgIpc) is 2.68. The van der Waals surface area contributed by atoms with Gasteiger partial charge in [0.15, 0.2) is 23.3 Å². The van der Waals surface area contributed by atoms with Crippen LogP contribution >= 0.6 is 0 Å². The van der Waals surface area contributed by atoms with Crippen molar-refractivity contribution in [1.29, 1.82) is 0 Å². The van der Waals surface area contributed by atoms with Gasteiger partial charge in [0.2, 0.25) is 10.0 Å². The van der Waals surface area contributed by atoms with Gasteiger partial charge >= 0.3 is 0 Å². The Hall–Kier alpha value is -2.91. The van der Waals surface area contributed by atoms with E-state index in [2.05, 4.69) is 0 Å². The summed E-state index contributed by atoms with van der Waals surface area (Å²) in [6.07, 6.45) is 0. The first-order valence-corrected chi connectivity index (χ1v) is 9.84. The molecule has 0 aliphatic rings. The molecular formula is C20H16F4N2O2S. The fourth-order valence-corrected chi connectivity index (χ4v) is 3.44. The van der Waals surface area contributed by atoms with Gasteiger partial charge in [0.05, 0.1) is 4.90 Å². The largest absolute Gasteiger partial charge is 0.378 e. The Morgan fingerprint density at radius 2 is 1.28 bits per heavy atom. The number of primary sulfonamides is 1. The van der Waals surface area contributed by atoms with Crippen molar-refractivity contribution in [3.8, 4) is 22.3 Å². The van der Waals surface area contributed by atoms with Crippen LogP contribution in [0.5, 0.6) is 0 Å². The molecule has 0 saturated carbocycles. The van der Waals surface area contributed by atoms with Crippen LogP contribution in [0.2, 0.25) is 0 Å². The summed E-state index contributed by atoms with van der Waals surface area (Å²) >= 11 is 0. The van der Waals surface area contributed by atoms with Crippen LogP contribution in [-0.2, 0) is 10.0 Å². The van der Waals surface area contributed by atoms with Crippen molar-refractivity contribution in [2.24, 2.45) is 5.14 Å². The second-order valence-electron chi connectivity index (χ2n) is 6.52. The topological polar surface area (TPSA) is 63.4 Å². The molecule has 3 aromatic rings. The van der Waals surface area contributed by atoms with E-state index in [0.29, 0.717) is 5.69 Å². The molecule has 2 N–H and O–H groups in total. The van der Waals surface area contributed by atoms with E-state index in [4.69, 9.17) is 5.14 Å². The molecular weight excluding hydrogens is 408 g/mol. The third-order valence-electron chi connectivity index (χ3n) is 4.39. The Kier molecular flexibility index (Phi) is 5.38. The summed E-state index contributed by atoms with van der Waals surface area (Å²) in [6, 6.07) is 10.6. The molecule has 0 heterocycles. The quantitative estimate of drug-likeness (QED) is 0.386. The van der Waals surface area contributed by atoms with Crippen molar-refractivity contribution >= 4 is 15.7 Å². The van der Waals surface area contributed by atoms with E-state index in [1.165, 1.54) is 12.1 Å². The zero-order chi connectivity index (χ0) is 21.5. The number of rotatable bonds is 4. The van der Waals surface area contributed by atoms with Crippen LogP contribution in [0.3, 0.4) is 0 Å². The van der Waals surface area contributed by atoms with Crippen LogP contribution in [0.15, 0.2) is 53.4 Å². The SMILES string of the molecule is CN(C)c1cccc(-c2c(F)c(F)c(F)c(F)c2-c2ccc(S(N)(=O)=O)cc2)c1. The van der Waals surface area contributed by atoms with Gasteiger partial charge in [-0.3, -0.25) is 0 Å². The molecule has 0 bridgehead atoms. The molecule has 0 amide bonds. The van der Waals surface area contributed by atoms with E-state index in [1.807, 2.05) is 0 Å². The van der Waals surface area contributed by atoms with Crippen molar-refractivity contribution in [3.63, 3.8) is 0 Å². The molecule has 0 aliphatic carbocycles. The van der Waals surface area contributed by atoms with Crippen LogP contribution in [0.25, 0.3) is 22.3 Å². The van der Waals surface area contributed by atoms with Crippen molar-refractivity contribution in [1.82, 2.24) is 0 Å². The lowest BCUT2D eigenvalue weighted by Crippen LogP contribution is -2.12. The minimum Gasteiger partial charge on any atom is -0.378 e. The highest BCUT2D eigenvalue weighted by Gasteiger charge is 2.27. The van der Waals surface area contributed by atoms with E-state index in [-0.39, 0.29) is 16.0 Å². The van der Waals surface area contributed by atoms with Crippen LogP contribution in [0.1, 0.15) is 0 Å².